The third-order valence-corrected chi connectivity index (χ3v) is 3.92. The predicted molar refractivity (Wildman–Crippen MR) is 87.1 cm³/mol. The summed E-state index contributed by atoms with van der Waals surface area (Å²) in [4.78, 5) is 37.3. The molecule has 7 nitrogen and oxygen atoms in total. The van der Waals surface area contributed by atoms with Gasteiger partial charge in [-0.05, 0) is 38.0 Å². The van der Waals surface area contributed by atoms with E-state index in [1.807, 2.05) is 0 Å². The molecule has 2 rings (SSSR count). The number of esters is 2. The summed E-state index contributed by atoms with van der Waals surface area (Å²) in [7, 11) is 0. The van der Waals surface area contributed by atoms with Gasteiger partial charge < -0.3 is 20.1 Å². The van der Waals surface area contributed by atoms with Crippen LogP contribution < -0.4 is 5.73 Å². The van der Waals surface area contributed by atoms with Gasteiger partial charge in [0.2, 0.25) is 0 Å². The molecular weight excluding hydrogens is 312 g/mol. The first kappa shape index (κ1) is 17.8. The summed E-state index contributed by atoms with van der Waals surface area (Å²) >= 11 is 0. The monoisotopic (exact) mass is 334 g/mol. The number of nitrogen functional groups attached to an aromatic ring is 1. The highest BCUT2D eigenvalue weighted by Gasteiger charge is 2.28. The first-order chi connectivity index (χ1) is 11.5. The Hall–Kier alpha value is -2.57. The molecule has 1 heterocycles. The number of amides is 1. The lowest BCUT2D eigenvalue weighted by Crippen LogP contribution is -2.42. The molecule has 0 bridgehead atoms. The van der Waals surface area contributed by atoms with Gasteiger partial charge in [0.05, 0.1) is 18.1 Å². The summed E-state index contributed by atoms with van der Waals surface area (Å²) in [6.07, 6.45) is 1.13. The third-order valence-electron chi connectivity index (χ3n) is 3.92. The van der Waals surface area contributed by atoms with E-state index in [1.165, 1.54) is 6.07 Å². The van der Waals surface area contributed by atoms with Crippen LogP contribution in [-0.4, -0.2) is 49.0 Å². The molecule has 0 aliphatic carbocycles. The van der Waals surface area contributed by atoms with Crippen molar-refractivity contribution in [1.82, 2.24) is 4.90 Å². The van der Waals surface area contributed by atoms with Crippen molar-refractivity contribution in [3.05, 3.63) is 29.8 Å². The van der Waals surface area contributed by atoms with E-state index in [2.05, 4.69) is 0 Å². The van der Waals surface area contributed by atoms with E-state index >= 15 is 0 Å². The number of hydrogen-bond acceptors (Lipinski definition) is 6. The Labute approximate surface area is 140 Å². The molecule has 0 saturated carbocycles. The number of carbonyl (C=O) groups is 3. The number of nitrogens with two attached hydrogens (primary N) is 1. The lowest BCUT2D eigenvalue weighted by Gasteiger charge is -2.30. The van der Waals surface area contributed by atoms with Gasteiger partial charge in [-0.3, -0.25) is 9.59 Å². The number of benzene rings is 1. The number of rotatable bonds is 5. The van der Waals surface area contributed by atoms with Crippen LogP contribution in [0.4, 0.5) is 5.69 Å². The Morgan fingerprint density at radius 2 is 1.92 bits per heavy atom. The maximum atomic E-state index is 12.1. The summed E-state index contributed by atoms with van der Waals surface area (Å²) in [6, 6.07) is 6.38. The Balaban J connectivity index is 1.77. The molecule has 2 N–H and O–H groups in total. The summed E-state index contributed by atoms with van der Waals surface area (Å²) in [5, 5.41) is 0. The van der Waals surface area contributed by atoms with Gasteiger partial charge in [0.15, 0.2) is 6.61 Å². The van der Waals surface area contributed by atoms with Gasteiger partial charge in [0.25, 0.3) is 5.91 Å². The number of carbonyl (C=O) groups excluding carboxylic acids is 3. The molecule has 0 aromatic heterocycles. The minimum absolute atomic E-state index is 0.163. The molecular formula is C17H22N2O5. The topological polar surface area (TPSA) is 98.9 Å². The highest BCUT2D eigenvalue weighted by molar-refractivity contribution is 5.92. The number of likely N-dealkylation sites (tertiary alicyclic amines) is 1. The molecule has 1 aromatic carbocycles. The maximum Gasteiger partial charge on any atom is 0.338 e. The molecule has 1 amide bonds. The van der Waals surface area contributed by atoms with Crippen molar-refractivity contribution >= 4 is 23.5 Å². The second-order valence-electron chi connectivity index (χ2n) is 5.61. The van der Waals surface area contributed by atoms with Crippen LogP contribution >= 0.6 is 0 Å². The van der Waals surface area contributed by atoms with Crippen molar-refractivity contribution in [3.8, 4) is 0 Å². The van der Waals surface area contributed by atoms with E-state index in [-0.39, 0.29) is 24.4 Å². The normalized spacial score (nSPS) is 15.0. The number of nitrogens with zero attached hydrogens (tertiary/aromatic N) is 1. The van der Waals surface area contributed by atoms with Crippen molar-refractivity contribution in [2.45, 2.75) is 19.8 Å². The van der Waals surface area contributed by atoms with Gasteiger partial charge in [-0.2, -0.15) is 0 Å². The second-order valence-corrected chi connectivity index (χ2v) is 5.61. The molecule has 1 aliphatic heterocycles. The van der Waals surface area contributed by atoms with Crippen molar-refractivity contribution < 1.29 is 23.9 Å². The van der Waals surface area contributed by atoms with Crippen LogP contribution in [0.15, 0.2) is 24.3 Å². The number of ether oxygens (including phenoxy) is 2. The van der Waals surface area contributed by atoms with Crippen LogP contribution in [0.3, 0.4) is 0 Å². The summed E-state index contributed by atoms with van der Waals surface area (Å²) < 4.78 is 10.0. The molecule has 1 aromatic rings. The Bertz CT molecular complexity index is 609. The van der Waals surface area contributed by atoms with E-state index in [0.29, 0.717) is 43.8 Å². The Kier molecular flexibility index (Phi) is 6.17. The van der Waals surface area contributed by atoms with Gasteiger partial charge in [-0.1, -0.05) is 6.07 Å². The van der Waals surface area contributed by atoms with E-state index in [4.69, 9.17) is 15.2 Å². The largest absolute Gasteiger partial charge is 0.466 e. The SMILES string of the molecule is CCOC(=O)C1CCN(C(=O)COC(=O)c2cccc(N)c2)CC1. The zero-order valence-electron chi connectivity index (χ0n) is 13.7. The smallest absolute Gasteiger partial charge is 0.338 e. The zero-order chi connectivity index (χ0) is 17.5. The molecule has 0 atom stereocenters. The fourth-order valence-corrected chi connectivity index (χ4v) is 2.59. The van der Waals surface area contributed by atoms with Crippen LogP contribution in [0.5, 0.6) is 0 Å². The molecule has 7 heteroatoms. The molecule has 1 fully saturated rings. The molecule has 1 saturated heterocycles. The number of piperidine rings is 1. The molecule has 0 unspecified atom stereocenters. The Morgan fingerprint density at radius 1 is 1.21 bits per heavy atom. The highest BCUT2D eigenvalue weighted by atomic mass is 16.5. The van der Waals surface area contributed by atoms with Crippen molar-refractivity contribution in [2.75, 3.05) is 32.0 Å². The average molecular weight is 334 g/mol. The maximum absolute atomic E-state index is 12.1. The molecule has 24 heavy (non-hydrogen) atoms. The van der Waals surface area contributed by atoms with Gasteiger partial charge in [0.1, 0.15) is 0 Å². The minimum atomic E-state index is -0.586. The van der Waals surface area contributed by atoms with Crippen LogP contribution in [0.1, 0.15) is 30.1 Å². The summed E-state index contributed by atoms with van der Waals surface area (Å²) in [5.74, 6) is -1.23. The first-order valence-corrected chi connectivity index (χ1v) is 7.98. The quantitative estimate of drug-likeness (QED) is 0.642. The third kappa shape index (κ3) is 4.71. The molecule has 130 valence electrons. The van der Waals surface area contributed by atoms with Crippen molar-refractivity contribution in [3.63, 3.8) is 0 Å². The predicted octanol–water partition coefficient (Wildman–Crippen LogP) is 1.23. The molecule has 0 spiro atoms. The van der Waals surface area contributed by atoms with Crippen molar-refractivity contribution in [1.29, 1.82) is 0 Å². The van der Waals surface area contributed by atoms with Gasteiger partial charge in [-0.15, -0.1) is 0 Å². The Morgan fingerprint density at radius 3 is 2.54 bits per heavy atom. The van der Waals surface area contributed by atoms with Gasteiger partial charge >= 0.3 is 11.9 Å². The molecule has 0 radical (unpaired) electrons. The van der Waals surface area contributed by atoms with Crippen LogP contribution in [0, 0.1) is 5.92 Å². The standard InChI is InChI=1S/C17H22N2O5/c1-2-23-16(21)12-6-8-19(9-7-12)15(20)11-24-17(22)13-4-3-5-14(18)10-13/h3-5,10,12H,2,6-9,11,18H2,1H3. The lowest BCUT2D eigenvalue weighted by molar-refractivity contribution is -0.151. The minimum Gasteiger partial charge on any atom is -0.466 e. The highest BCUT2D eigenvalue weighted by Crippen LogP contribution is 2.19. The second kappa shape index (κ2) is 8.33. The van der Waals surface area contributed by atoms with E-state index in [9.17, 15) is 14.4 Å². The fraction of sp³-hybridized carbons (Fsp3) is 0.471. The van der Waals surface area contributed by atoms with Crippen molar-refractivity contribution in [2.24, 2.45) is 5.92 Å². The van der Waals surface area contributed by atoms with Crippen LogP contribution in [0.25, 0.3) is 0 Å². The van der Waals surface area contributed by atoms with Gasteiger partial charge in [-0.25, -0.2) is 4.79 Å². The first-order valence-electron chi connectivity index (χ1n) is 7.98. The van der Waals surface area contributed by atoms with Crippen LogP contribution in [0.2, 0.25) is 0 Å². The summed E-state index contributed by atoms with van der Waals surface area (Å²) in [5.41, 5.74) is 6.37. The van der Waals surface area contributed by atoms with Crippen LogP contribution in [-0.2, 0) is 19.1 Å². The number of anilines is 1. The molecule has 1 aliphatic rings. The average Bonchev–Trinajstić information content (AvgIpc) is 2.59. The van der Waals surface area contributed by atoms with E-state index < -0.39 is 5.97 Å². The van der Waals surface area contributed by atoms with Gasteiger partial charge in [0, 0.05) is 18.8 Å². The van der Waals surface area contributed by atoms with E-state index in [1.54, 1.807) is 30.0 Å². The number of hydrogen-bond donors (Lipinski definition) is 1. The zero-order valence-corrected chi connectivity index (χ0v) is 13.7. The lowest BCUT2D eigenvalue weighted by atomic mass is 9.97. The van der Waals surface area contributed by atoms with E-state index in [0.717, 1.165) is 0 Å². The summed E-state index contributed by atoms with van der Waals surface area (Å²) in [6.45, 7) is 2.72. The fourth-order valence-electron chi connectivity index (χ4n) is 2.59.